The molecule has 0 aromatic heterocycles. The molecule has 7 heteroatoms. The van der Waals surface area contributed by atoms with Crippen LogP contribution in [0.25, 0.3) is 0 Å². The molecule has 1 atom stereocenters. The zero-order valence-corrected chi connectivity index (χ0v) is 11.8. The van der Waals surface area contributed by atoms with E-state index < -0.39 is 12.0 Å². The van der Waals surface area contributed by atoms with Crippen LogP contribution in [-0.4, -0.2) is 58.9 Å². The molecule has 6 nitrogen and oxygen atoms in total. The van der Waals surface area contributed by atoms with Gasteiger partial charge in [-0.25, -0.2) is 4.79 Å². The molecule has 2 N–H and O–H groups in total. The van der Waals surface area contributed by atoms with Crippen LogP contribution < -0.4 is 5.32 Å². The van der Waals surface area contributed by atoms with Crippen molar-refractivity contribution in [1.82, 2.24) is 10.2 Å². The van der Waals surface area contributed by atoms with Gasteiger partial charge in [0.1, 0.15) is 6.04 Å². The summed E-state index contributed by atoms with van der Waals surface area (Å²) in [5.74, 6) is 0.0961. The summed E-state index contributed by atoms with van der Waals surface area (Å²) in [7, 11) is 0. The topological polar surface area (TPSA) is 86.7 Å². The molecular formula is C12H20N2O4S. The fourth-order valence-corrected chi connectivity index (χ4v) is 2.84. The first-order chi connectivity index (χ1) is 9.04. The highest BCUT2D eigenvalue weighted by molar-refractivity contribution is 8.00. The maximum absolute atomic E-state index is 11.9. The molecule has 0 spiro atoms. The highest BCUT2D eigenvalue weighted by Gasteiger charge is 2.21. The standard InChI is InChI=1S/C12H20N2O4S/c1-9-2-4-14(5-3-9)11(16)7-19-6-10(12(17)18)13-8-15/h8-10H,2-7H2,1H3,(H,13,15)(H,17,18). The zero-order valence-electron chi connectivity index (χ0n) is 11.0. The van der Waals surface area contributed by atoms with E-state index in [1.165, 1.54) is 11.8 Å². The molecule has 0 aliphatic carbocycles. The minimum Gasteiger partial charge on any atom is -0.480 e. The average molecular weight is 288 g/mol. The predicted octanol–water partition coefficient (Wildman–Crippen LogP) is 0.177. The second kappa shape index (κ2) is 8.04. The molecule has 0 radical (unpaired) electrons. The summed E-state index contributed by atoms with van der Waals surface area (Å²) in [5.41, 5.74) is 0. The average Bonchev–Trinajstić information content (AvgIpc) is 2.38. The molecule has 1 aliphatic rings. The Balaban J connectivity index is 2.26. The summed E-state index contributed by atoms with van der Waals surface area (Å²) < 4.78 is 0. The van der Waals surface area contributed by atoms with Crippen molar-refractivity contribution < 1.29 is 19.5 Å². The van der Waals surface area contributed by atoms with Gasteiger partial charge in [0.15, 0.2) is 0 Å². The van der Waals surface area contributed by atoms with Gasteiger partial charge in [-0.05, 0) is 18.8 Å². The number of piperidine rings is 1. The first-order valence-corrected chi connectivity index (χ1v) is 7.48. The summed E-state index contributed by atoms with van der Waals surface area (Å²) in [6.07, 6.45) is 2.43. The van der Waals surface area contributed by atoms with E-state index in [9.17, 15) is 14.4 Å². The van der Waals surface area contributed by atoms with Gasteiger partial charge in [0.2, 0.25) is 12.3 Å². The molecule has 1 heterocycles. The summed E-state index contributed by atoms with van der Waals surface area (Å²) in [5, 5.41) is 11.0. The SMILES string of the molecule is CC1CCN(C(=O)CSCC(NC=O)C(=O)O)CC1. The first kappa shape index (κ1) is 15.8. The molecule has 0 saturated carbocycles. The number of carboxylic acids is 1. The van der Waals surface area contributed by atoms with E-state index >= 15 is 0 Å². The van der Waals surface area contributed by atoms with Crippen molar-refractivity contribution in [2.75, 3.05) is 24.6 Å². The lowest BCUT2D eigenvalue weighted by Gasteiger charge is -2.30. The number of nitrogens with zero attached hydrogens (tertiary/aromatic N) is 1. The number of likely N-dealkylation sites (tertiary alicyclic amines) is 1. The van der Waals surface area contributed by atoms with Crippen molar-refractivity contribution in [1.29, 1.82) is 0 Å². The maximum Gasteiger partial charge on any atom is 0.327 e. The second-order valence-electron chi connectivity index (χ2n) is 4.75. The van der Waals surface area contributed by atoms with Gasteiger partial charge in [-0.2, -0.15) is 0 Å². The lowest BCUT2D eigenvalue weighted by Crippen LogP contribution is -2.40. The minimum atomic E-state index is -1.08. The number of hydrogen-bond acceptors (Lipinski definition) is 4. The van der Waals surface area contributed by atoms with Gasteiger partial charge >= 0.3 is 5.97 Å². The molecular weight excluding hydrogens is 268 g/mol. The molecule has 1 aliphatic heterocycles. The molecule has 0 aromatic carbocycles. The lowest BCUT2D eigenvalue weighted by molar-refractivity contribution is -0.139. The van der Waals surface area contributed by atoms with Crippen molar-refractivity contribution in [3.05, 3.63) is 0 Å². The molecule has 108 valence electrons. The number of amides is 2. The van der Waals surface area contributed by atoms with Gasteiger partial charge in [-0.15, -0.1) is 11.8 Å². The van der Waals surface area contributed by atoms with E-state index in [1.54, 1.807) is 0 Å². The van der Waals surface area contributed by atoms with Crippen molar-refractivity contribution >= 4 is 30.0 Å². The van der Waals surface area contributed by atoms with E-state index in [4.69, 9.17) is 5.11 Å². The Labute approximate surface area is 116 Å². The lowest BCUT2D eigenvalue weighted by atomic mass is 9.99. The number of thioether (sulfide) groups is 1. The van der Waals surface area contributed by atoms with Crippen LogP contribution in [0.4, 0.5) is 0 Å². The van der Waals surface area contributed by atoms with E-state index in [0.717, 1.165) is 25.9 Å². The first-order valence-electron chi connectivity index (χ1n) is 6.32. The summed E-state index contributed by atoms with van der Waals surface area (Å²) in [6, 6.07) is -0.934. The number of carboxylic acid groups (broad SMARTS) is 1. The van der Waals surface area contributed by atoms with Crippen molar-refractivity contribution in [3.8, 4) is 0 Å². The van der Waals surface area contributed by atoms with Gasteiger partial charge in [-0.1, -0.05) is 6.92 Å². The van der Waals surface area contributed by atoms with Gasteiger partial charge in [0, 0.05) is 18.8 Å². The van der Waals surface area contributed by atoms with Crippen LogP contribution in [0.1, 0.15) is 19.8 Å². The van der Waals surface area contributed by atoms with E-state index in [2.05, 4.69) is 12.2 Å². The Morgan fingerprint density at radius 3 is 2.63 bits per heavy atom. The summed E-state index contributed by atoms with van der Waals surface area (Å²) >= 11 is 1.24. The number of rotatable bonds is 7. The highest BCUT2D eigenvalue weighted by Crippen LogP contribution is 2.17. The molecule has 2 amide bonds. The fourth-order valence-electron chi connectivity index (χ4n) is 1.89. The molecule has 19 heavy (non-hydrogen) atoms. The van der Waals surface area contributed by atoms with Crippen molar-refractivity contribution in [3.63, 3.8) is 0 Å². The van der Waals surface area contributed by atoms with Crippen LogP contribution in [0.2, 0.25) is 0 Å². The van der Waals surface area contributed by atoms with Crippen LogP contribution in [0.5, 0.6) is 0 Å². The number of nitrogens with one attached hydrogen (secondary N) is 1. The monoisotopic (exact) mass is 288 g/mol. The zero-order chi connectivity index (χ0) is 14.3. The van der Waals surface area contributed by atoms with Crippen LogP contribution >= 0.6 is 11.8 Å². The number of carbonyl (C=O) groups excluding carboxylic acids is 2. The Kier molecular flexibility index (Phi) is 6.69. The van der Waals surface area contributed by atoms with E-state index in [1.807, 2.05) is 4.90 Å². The Hall–Kier alpha value is -1.24. The van der Waals surface area contributed by atoms with Gasteiger partial charge in [-0.3, -0.25) is 9.59 Å². The highest BCUT2D eigenvalue weighted by atomic mass is 32.2. The molecule has 1 unspecified atom stereocenters. The molecule has 1 rings (SSSR count). The normalized spacial score (nSPS) is 17.8. The third-order valence-electron chi connectivity index (χ3n) is 3.21. The largest absolute Gasteiger partial charge is 0.480 e. The summed E-state index contributed by atoms with van der Waals surface area (Å²) in [6.45, 7) is 3.75. The molecule has 1 saturated heterocycles. The number of hydrogen-bond donors (Lipinski definition) is 2. The molecule has 0 bridgehead atoms. The van der Waals surface area contributed by atoms with E-state index in [0.29, 0.717) is 12.3 Å². The Morgan fingerprint density at radius 1 is 1.47 bits per heavy atom. The van der Waals surface area contributed by atoms with Crippen LogP contribution in [-0.2, 0) is 14.4 Å². The third kappa shape index (κ3) is 5.50. The molecule has 0 aromatic rings. The fraction of sp³-hybridized carbons (Fsp3) is 0.750. The predicted molar refractivity (Wildman–Crippen MR) is 72.9 cm³/mol. The van der Waals surface area contributed by atoms with Crippen LogP contribution in [0.15, 0.2) is 0 Å². The Morgan fingerprint density at radius 2 is 2.11 bits per heavy atom. The third-order valence-corrected chi connectivity index (χ3v) is 4.23. The summed E-state index contributed by atoms with van der Waals surface area (Å²) in [4.78, 5) is 34.7. The molecule has 1 fully saturated rings. The number of aliphatic carboxylic acids is 1. The quantitative estimate of drug-likeness (QED) is 0.653. The van der Waals surface area contributed by atoms with Crippen LogP contribution in [0.3, 0.4) is 0 Å². The van der Waals surface area contributed by atoms with Gasteiger partial charge in [0.05, 0.1) is 5.75 Å². The smallest absolute Gasteiger partial charge is 0.327 e. The van der Waals surface area contributed by atoms with Gasteiger partial charge in [0.25, 0.3) is 0 Å². The van der Waals surface area contributed by atoms with Crippen molar-refractivity contribution in [2.45, 2.75) is 25.8 Å². The maximum atomic E-state index is 11.9. The van der Waals surface area contributed by atoms with Gasteiger partial charge < -0.3 is 15.3 Å². The Bertz CT molecular complexity index is 330. The minimum absolute atomic E-state index is 0.0483. The second-order valence-corrected chi connectivity index (χ2v) is 5.78. The van der Waals surface area contributed by atoms with Crippen molar-refractivity contribution in [2.24, 2.45) is 5.92 Å². The van der Waals surface area contributed by atoms with Crippen LogP contribution in [0, 0.1) is 5.92 Å². The number of carbonyl (C=O) groups is 3. The van der Waals surface area contributed by atoms with E-state index in [-0.39, 0.29) is 17.4 Å².